The Morgan fingerprint density at radius 3 is 2.48 bits per heavy atom. The molecule has 0 fully saturated rings. The Bertz CT molecular complexity index is 1060. The van der Waals surface area contributed by atoms with Crippen molar-refractivity contribution in [3.63, 3.8) is 0 Å². The summed E-state index contributed by atoms with van der Waals surface area (Å²) >= 11 is 0. The zero-order chi connectivity index (χ0) is 19.3. The number of rotatable bonds is 6. The van der Waals surface area contributed by atoms with Gasteiger partial charge in [-0.3, -0.25) is 0 Å². The van der Waals surface area contributed by atoms with Crippen molar-refractivity contribution >= 4 is 28.2 Å². The van der Waals surface area contributed by atoms with Crippen LogP contribution in [0.2, 0.25) is 0 Å². The van der Waals surface area contributed by atoms with Gasteiger partial charge in [0.1, 0.15) is 11.5 Å². The zero-order valence-corrected chi connectivity index (χ0v) is 14.6. The number of carbonyl (C=O) groups is 1. The van der Waals surface area contributed by atoms with Crippen molar-refractivity contribution < 1.29 is 17.6 Å². The maximum atomic E-state index is 12.4. The Balaban J connectivity index is 1.74. The predicted octanol–water partition coefficient (Wildman–Crippen LogP) is 1.54. The summed E-state index contributed by atoms with van der Waals surface area (Å²) in [6.07, 6.45) is 4.16. The number of anilines is 1. The van der Waals surface area contributed by atoms with E-state index in [2.05, 4.69) is 25.2 Å². The normalized spacial score (nSPS) is 11.4. The highest BCUT2D eigenvalue weighted by atomic mass is 32.2. The summed E-state index contributed by atoms with van der Waals surface area (Å²) in [4.78, 5) is 18.3. The van der Waals surface area contributed by atoms with Crippen LogP contribution in [0.3, 0.4) is 0 Å². The summed E-state index contributed by atoms with van der Waals surface area (Å²) in [5.74, 6) is 0.873. The van der Waals surface area contributed by atoms with E-state index in [0.29, 0.717) is 17.1 Å². The van der Waals surface area contributed by atoms with Crippen molar-refractivity contribution in [2.24, 2.45) is 10.8 Å². The maximum absolute atomic E-state index is 12.4. The van der Waals surface area contributed by atoms with Crippen LogP contribution in [0.25, 0.3) is 11.3 Å². The molecule has 0 spiro atoms. The zero-order valence-electron chi connectivity index (χ0n) is 13.7. The largest absolute Gasteiger partial charge is 0.455 e. The van der Waals surface area contributed by atoms with Crippen LogP contribution in [0, 0.1) is 0 Å². The van der Waals surface area contributed by atoms with E-state index in [1.54, 1.807) is 30.3 Å². The van der Waals surface area contributed by atoms with Gasteiger partial charge in [0.2, 0.25) is 5.95 Å². The van der Waals surface area contributed by atoms with E-state index >= 15 is 0 Å². The van der Waals surface area contributed by atoms with Crippen molar-refractivity contribution in [3.05, 3.63) is 60.6 Å². The van der Waals surface area contributed by atoms with Crippen LogP contribution in [-0.2, 0) is 10.0 Å². The predicted molar refractivity (Wildman–Crippen MR) is 97.3 cm³/mol. The smallest absolute Gasteiger partial charge is 0.332 e. The summed E-state index contributed by atoms with van der Waals surface area (Å²) in [6.45, 7) is 0. The Morgan fingerprint density at radius 1 is 1.11 bits per heavy atom. The van der Waals surface area contributed by atoms with Gasteiger partial charge in [0.15, 0.2) is 0 Å². The maximum Gasteiger partial charge on any atom is 0.332 e. The standard InChI is InChI=1S/C16H14N6O4S/c17-15(23)21-20-10-12-4-7-14(26-12)11-2-5-13(6-3-11)27(24,25)22-16-18-8-1-9-19-16/h1-10H,(H3,17,21,23)(H,18,19,22). The van der Waals surface area contributed by atoms with Gasteiger partial charge in [0, 0.05) is 18.0 Å². The molecular formula is C16H14N6O4S. The number of amides is 2. The number of sulfonamides is 1. The van der Waals surface area contributed by atoms with Crippen LogP contribution in [0.5, 0.6) is 0 Å². The summed E-state index contributed by atoms with van der Waals surface area (Å²) in [7, 11) is -3.81. The molecule has 0 saturated heterocycles. The first-order chi connectivity index (χ1) is 12.9. The molecule has 3 rings (SSSR count). The van der Waals surface area contributed by atoms with Crippen LogP contribution in [-0.4, -0.2) is 30.6 Å². The second-order valence-electron chi connectivity index (χ2n) is 5.14. The lowest BCUT2D eigenvalue weighted by molar-refractivity contribution is 0.249. The molecule has 0 unspecified atom stereocenters. The van der Waals surface area contributed by atoms with Gasteiger partial charge < -0.3 is 10.2 Å². The minimum absolute atomic E-state index is 0.0129. The molecule has 27 heavy (non-hydrogen) atoms. The fourth-order valence-corrected chi connectivity index (χ4v) is 3.02. The quantitative estimate of drug-likeness (QED) is 0.431. The second kappa shape index (κ2) is 7.66. The number of aromatic nitrogens is 2. The SMILES string of the molecule is NC(=O)NN=Cc1ccc(-c2ccc(S(=O)(=O)Nc3ncccn3)cc2)o1. The number of benzene rings is 1. The summed E-state index contributed by atoms with van der Waals surface area (Å²) < 4.78 is 32.5. The first-order valence-corrected chi connectivity index (χ1v) is 9.01. The van der Waals surface area contributed by atoms with E-state index < -0.39 is 16.1 Å². The number of urea groups is 1. The Kier molecular flexibility index (Phi) is 5.13. The number of furan rings is 1. The minimum Gasteiger partial charge on any atom is -0.455 e. The molecule has 0 bridgehead atoms. The van der Waals surface area contributed by atoms with E-state index in [4.69, 9.17) is 10.2 Å². The van der Waals surface area contributed by atoms with Gasteiger partial charge in [0.05, 0.1) is 11.1 Å². The molecule has 2 amide bonds. The Hall–Kier alpha value is -3.73. The minimum atomic E-state index is -3.81. The van der Waals surface area contributed by atoms with Crippen LogP contribution in [0.4, 0.5) is 10.7 Å². The number of nitrogens with two attached hydrogens (primary N) is 1. The number of nitrogens with one attached hydrogen (secondary N) is 2. The molecule has 1 aromatic carbocycles. The van der Waals surface area contributed by atoms with E-state index in [0.717, 1.165) is 0 Å². The average Bonchev–Trinajstić information content (AvgIpc) is 3.11. The number of carbonyl (C=O) groups excluding carboxylic acids is 1. The van der Waals surface area contributed by atoms with E-state index in [9.17, 15) is 13.2 Å². The highest BCUT2D eigenvalue weighted by Gasteiger charge is 2.16. The molecule has 0 saturated carbocycles. The van der Waals surface area contributed by atoms with E-state index in [-0.39, 0.29) is 10.8 Å². The highest BCUT2D eigenvalue weighted by molar-refractivity contribution is 7.92. The highest BCUT2D eigenvalue weighted by Crippen LogP contribution is 2.23. The molecule has 10 nitrogen and oxygen atoms in total. The van der Waals surface area contributed by atoms with Gasteiger partial charge in [-0.25, -0.2) is 33.3 Å². The molecule has 11 heteroatoms. The molecule has 0 aliphatic rings. The van der Waals surface area contributed by atoms with Crippen molar-refractivity contribution in [2.45, 2.75) is 4.90 Å². The number of primary amides is 1. The van der Waals surface area contributed by atoms with Crippen LogP contribution in [0.15, 0.2) is 69.3 Å². The molecule has 2 heterocycles. The molecule has 0 aliphatic heterocycles. The molecule has 2 aromatic heterocycles. The molecule has 3 aromatic rings. The first-order valence-electron chi connectivity index (χ1n) is 7.53. The number of hydrogen-bond acceptors (Lipinski definition) is 7. The van der Waals surface area contributed by atoms with Crippen LogP contribution in [0.1, 0.15) is 5.76 Å². The fraction of sp³-hybridized carbons (Fsp3) is 0. The Labute approximate surface area is 154 Å². The lowest BCUT2D eigenvalue weighted by Gasteiger charge is -2.06. The van der Waals surface area contributed by atoms with E-state index in [1.807, 2.05) is 0 Å². The lowest BCUT2D eigenvalue weighted by Crippen LogP contribution is -2.24. The van der Waals surface area contributed by atoms with Gasteiger partial charge in [-0.2, -0.15) is 5.10 Å². The molecular weight excluding hydrogens is 372 g/mol. The summed E-state index contributed by atoms with van der Waals surface area (Å²) in [5.41, 5.74) is 7.61. The third kappa shape index (κ3) is 4.67. The fourth-order valence-electron chi connectivity index (χ4n) is 2.07. The van der Waals surface area contributed by atoms with Gasteiger partial charge in [-0.05, 0) is 42.5 Å². The topological polar surface area (TPSA) is 153 Å². The van der Waals surface area contributed by atoms with Crippen LogP contribution < -0.4 is 15.9 Å². The van der Waals surface area contributed by atoms with Gasteiger partial charge in [0.25, 0.3) is 10.0 Å². The Morgan fingerprint density at radius 2 is 1.81 bits per heavy atom. The van der Waals surface area contributed by atoms with Crippen molar-refractivity contribution in [2.75, 3.05) is 4.72 Å². The summed E-state index contributed by atoms with van der Waals surface area (Å²) in [5, 5.41) is 3.59. The monoisotopic (exact) mass is 386 g/mol. The summed E-state index contributed by atoms with van der Waals surface area (Å²) in [6, 6.07) is 10.2. The lowest BCUT2D eigenvalue weighted by atomic mass is 10.2. The molecule has 4 N–H and O–H groups in total. The first kappa shape index (κ1) is 18.1. The van der Waals surface area contributed by atoms with Crippen molar-refractivity contribution in [1.82, 2.24) is 15.4 Å². The molecule has 0 aliphatic carbocycles. The van der Waals surface area contributed by atoms with E-state index in [1.165, 1.54) is 30.7 Å². The molecule has 0 atom stereocenters. The molecule has 138 valence electrons. The third-order valence-corrected chi connectivity index (χ3v) is 4.58. The number of hydrogen-bond donors (Lipinski definition) is 3. The average molecular weight is 386 g/mol. The van der Waals surface area contributed by atoms with Gasteiger partial charge >= 0.3 is 6.03 Å². The van der Waals surface area contributed by atoms with Crippen molar-refractivity contribution in [3.8, 4) is 11.3 Å². The van der Waals surface area contributed by atoms with Crippen LogP contribution >= 0.6 is 0 Å². The number of hydrazone groups is 1. The van der Waals surface area contributed by atoms with Gasteiger partial charge in [-0.1, -0.05) is 0 Å². The second-order valence-corrected chi connectivity index (χ2v) is 6.82. The number of nitrogens with zero attached hydrogens (tertiary/aromatic N) is 3. The van der Waals surface area contributed by atoms with Gasteiger partial charge in [-0.15, -0.1) is 0 Å². The van der Waals surface area contributed by atoms with Crippen molar-refractivity contribution in [1.29, 1.82) is 0 Å². The molecule has 0 radical (unpaired) electrons. The third-order valence-electron chi connectivity index (χ3n) is 3.23.